The quantitative estimate of drug-likeness (QED) is 0.503. The van der Waals surface area contributed by atoms with Gasteiger partial charge in [0.15, 0.2) is 0 Å². The highest BCUT2D eigenvalue weighted by Gasteiger charge is 2.40. The van der Waals surface area contributed by atoms with E-state index in [0.29, 0.717) is 32.7 Å². The van der Waals surface area contributed by atoms with Gasteiger partial charge in [-0.3, -0.25) is 9.59 Å². The molecule has 0 unspecified atom stereocenters. The molecular formula is C24H18Cl2N2O3. The van der Waals surface area contributed by atoms with Gasteiger partial charge in [0.2, 0.25) is 0 Å². The van der Waals surface area contributed by atoms with Gasteiger partial charge in [-0.2, -0.15) is 0 Å². The van der Waals surface area contributed by atoms with Crippen LogP contribution in [0.3, 0.4) is 0 Å². The molecule has 1 heterocycles. The standard InChI is InChI=1S/C24H18Cl2N2O3/c1-14-3-6-17(26)13-20(14)27-22-21(15-4-11-19(31-2)12-5-15)23(29)28(24(22)30)18-9-7-16(25)8-10-18/h3-13,27H,1-2H3. The summed E-state index contributed by atoms with van der Waals surface area (Å²) in [7, 11) is 1.57. The second-order valence-corrected chi connectivity index (χ2v) is 7.86. The molecule has 1 aliphatic rings. The highest BCUT2D eigenvalue weighted by Crippen LogP contribution is 2.35. The Morgan fingerprint density at radius 3 is 2.13 bits per heavy atom. The van der Waals surface area contributed by atoms with Crippen molar-refractivity contribution in [1.82, 2.24) is 0 Å². The van der Waals surface area contributed by atoms with Gasteiger partial charge in [0.1, 0.15) is 11.4 Å². The number of hydrogen-bond donors (Lipinski definition) is 1. The van der Waals surface area contributed by atoms with Gasteiger partial charge in [-0.05, 0) is 66.6 Å². The molecule has 0 spiro atoms. The van der Waals surface area contributed by atoms with Crippen molar-refractivity contribution in [2.75, 3.05) is 17.3 Å². The number of nitrogens with zero attached hydrogens (tertiary/aromatic N) is 1. The number of methoxy groups -OCH3 is 1. The Bertz CT molecular complexity index is 1200. The van der Waals surface area contributed by atoms with Crippen molar-refractivity contribution in [1.29, 1.82) is 0 Å². The molecule has 0 aliphatic carbocycles. The third kappa shape index (κ3) is 4.02. The van der Waals surface area contributed by atoms with Crippen LogP contribution in [0.1, 0.15) is 11.1 Å². The first kappa shape index (κ1) is 21.0. The molecule has 156 valence electrons. The van der Waals surface area contributed by atoms with Gasteiger partial charge in [-0.15, -0.1) is 0 Å². The maximum absolute atomic E-state index is 13.4. The van der Waals surface area contributed by atoms with Crippen LogP contribution in [0.2, 0.25) is 10.0 Å². The molecule has 0 fully saturated rings. The summed E-state index contributed by atoms with van der Waals surface area (Å²) in [6, 6.07) is 18.9. The number of benzene rings is 3. The molecule has 4 rings (SSSR count). The maximum atomic E-state index is 13.4. The molecule has 1 N–H and O–H groups in total. The SMILES string of the molecule is COc1ccc(C2=C(Nc3cc(Cl)ccc3C)C(=O)N(c3ccc(Cl)cc3)C2=O)cc1. The summed E-state index contributed by atoms with van der Waals surface area (Å²) >= 11 is 12.1. The predicted molar refractivity (Wildman–Crippen MR) is 124 cm³/mol. The summed E-state index contributed by atoms with van der Waals surface area (Å²) in [4.78, 5) is 28.0. The number of nitrogens with one attached hydrogen (secondary N) is 1. The lowest BCUT2D eigenvalue weighted by atomic mass is 10.0. The van der Waals surface area contributed by atoms with Gasteiger partial charge in [0.05, 0.1) is 18.4 Å². The molecule has 5 nitrogen and oxygen atoms in total. The van der Waals surface area contributed by atoms with E-state index in [2.05, 4.69) is 5.32 Å². The van der Waals surface area contributed by atoms with Crippen LogP contribution in [0.25, 0.3) is 5.57 Å². The molecule has 31 heavy (non-hydrogen) atoms. The minimum absolute atomic E-state index is 0.176. The average molecular weight is 453 g/mol. The van der Waals surface area contributed by atoms with Crippen LogP contribution in [-0.4, -0.2) is 18.9 Å². The Balaban J connectivity index is 1.83. The third-order valence-corrected chi connectivity index (χ3v) is 5.49. The third-order valence-electron chi connectivity index (χ3n) is 5.01. The Labute approximate surface area is 189 Å². The minimum Gasteiger partial charge on any atom is -0.497 e. The molecule has 3 aromatic rings. The number of amides is 2. The Kier molecular flexibility index (Phi) is 5.72. The topological polar surface area (TPSA) is 58.6 Å². The highest BCUT2D eigenvalue weighted by molar-refractivity contribution is 6.46. The van der Waals surface area contributed by atoms with E-state index >= 15 is 0 Å². The molecule has 0 radical (unpaired) electrons. The normalized spacial score (nSPS) is 13.7. The van der Waals surface area contributed by atoms with E-state index in [1.807, 2.05) is 13.0 Å². The van der Waals surface area contributed by atoms with Gasteiger partial charge >= 0.3 is 0 Å². The number of carbonyl (C=O) groups excluding carboxylic acids is 2. The lowest BCUT2D eigenvalue weighted by Crippen LogP contribution is -2.32. The minimum atomic E-state index is -0.461. The molecule has 3 aromatic carbocycles. The van der Waals surface area contributed by atoms with Crippen LogP contribution < -0.4 is 15.0 Å². The number of carbonyl (C=O) groups is 2. The number of imide groups is 1. The Hall–Kier alpha value is -3.28. The molecule has 0 saturated carbocycles. The van der Waals surface area contributed by atoms with Gasteiger partial charge in [-0.1, -0.05) is 41.4 Å². The monoisotopic (exact) mass is 452 g/mol. The van der Waals surface area contributed by atoms with Gasteiger partial charge in [-0.25, -0.2) is 4.90 Å². The first-order valence-electron chi connectivity index (χ1n) is 9.45. The fourth-order valence-electron chi connectivity index (χ4n) is 3.36. The molecule has 7 heteroatoms. The zero-order valence-electron chi connectivity index (χ0n) is 16.8. The summed E-state index contributed by atoms with van der Waals surface area (Å²) in [5, 5.41) is 4.18. The Morgan fingerprint density at radius 1 is 0.839 bits per heavy atom. The number of anilines is 2. The van der Waals surface area contributed by atoms with E-state index in [-0.39, 0.29) is 11.3 Å². The first-order valence-corrected chi connectivity index (χ1v) is 10.2. The average Bonchev–Trinajstić information content (AvgIpc) is 3.01. The number of hydrogen-bond acceptors (Lipinski definition) is 4. The second-order valence-electron chi connectivity index (χ2n) is 6.98. The van der Waals surface area contributed by atoms with Gasteiger partial charge in [0.25, 0.3) is 11.8 Å². The van der Waals surface area contributed by atoms with Crippen molar-refractivity contribution < 1.29 is 14.3 Å². The molecule has 2 amide bonds. The van der Waals surface area contributed by atoms with E-state index in [9.17, 15) is 9.59 Å². The molecule has 0 aromatic heterocycles. The van der Waals surface area contributed by atoms with E-state index in [0.717, 1.165) is 10.5 Å². The summed E-state index contributed by atoms with van der Waals surface area (Å²) in [6.07, 6.45) is 0. The van der Waals surface area contributed by atoms with Crippen molar-refractivity contribution in [2.45, 2.75) is 6.92 Å². The summed E-state index contributed by atoms with van der Waals surface area (Å²) in [6.45, 7) is 1.89. The molecule has 0 atom stereocenters. The fourth-order valence-corrected chi connectivity index (χ4v) is 3.66. The van der Waals surface area contributed by atoms with Crippen LogP contribution in [0.4, 0.5) is 11.4 Å². The van der Waals surface area contributed by atoms with Crippen molar-refractivity contribution >= 4 is 52.0 Å². The van der Waals surface area contributed by atoms with Crippen molar-refractivity contribution in [3.05, 3.63) is 93.6 Å². The fraction of sp³-hybridized carbons (Fsp3) is 0.0833. The molecule has 0 saturated heterocycles. The largest absolute Gasteiger partial charge is 0.497 e. The zero-order valence-corrected chi connectivity index (χ0v) is 18.3. The maximum Gasteiger partial charge on any atom is 0.282 e. The lowest BCUT2D eigenvalue weighted by Gasteiger charge is -2.16. The van der Waals surface area contributed by atoms with Crippen LogP contribution in [0.5, 0.6) is 5.75 Å². The van der Waals surface area contributed by atoms with Crippen LogP contribution in [-0.2, 0) is 9.59 Å². The van der Waals surface area contributed by atoms with E-state index in [4.69, 9.17) is 27.9 Å². The summed E-state index contributed by atoms with van der Waals surface area (Å²) < 4.78 is 5.21. The highest BCUT2D eigenvalue weighted by atomic mass is 35.5. The lowest BCUT2D eigenvalue weighted by molar-refractivity contribution is -0.120. The van der Waals surface area contributed by atoms with Crippen LogP contribution in [0, 0.1) is 6.92 Å². The molecule has 1 aliphatic heterocycles. The Morgan fingerprint density at radius 2 is 1.48 bits per heavy atom. The molecule has 0 bridgehead atoms. The van der Waals surface area contributed by atoms with E-state index in [1.54, 1.807) is 67.8 Å². The van der Waals surface area contributed by atoms with Crippen molar-refractivity contribution in [2.24, 2.45) is 0 Å². The number of halogens is 2. The van der Waals surface area contributed by atoms with Crippen molar-refractivity contribution in [3.63, 3.8) is 0 Å². The second kappa shape index (κ2) is 8.46. The molecular weight excluding hydrogens is 435 g/mol. The van der Waals surface area contributed by atoms with Gasteiger partial charge < -0.3 is 10.1 Å². The summed E-state index contributed by atoms with van der Waals surface area (Å²) in [5.74, 6) is -0.243. The first-order chi connectivity index (χ1) is 14.9. The zero-order chi connectivity index (χ0) is 22.1. The number of rotatable bonds is 5. The van der Waals surface area contributed by atoms with E-state index in [1.165, 1.54) is 0 Å². The number of ether oxygens (including phenoxy) is 1. The smallest absolute Gasteiger partial charge is 0.282 e. The summed E-state index contributed by atoms with van der Waals surface area (Å²) in [5.41, 5.74) is 3.00. The predicted octanol–water partition coefficient (Wildman–Crippen LogP) is 5.71. The van der Waals surface area contributed by atoms with Crippen LogP contribution in [0.15, 0.2) is 72.4 Å². The van der Waals surface area contributed by atoms with Crippen molar-refractivity contribution in [3.8, 4) is 5.75 Å². The van der Waals surface area contributed by atoms with E-state index < -0.39 is 11.8 Å². The van der Waals surface area contributed by atoms with Crippen LogP contribution >= 0.6 is 23.2 Å². The van der Waals surface area contributed by atoms with Gasteiger partial charge in [0, 0.05) is 15.7 Å². The number of aryl methyl sites for hydroxylation is 1.